The summed E-state index contributed by atoms with van der Waals surface area (Å²) in [5.41, 5.74) is 2.57. The predicted octanol–water partition coefficient (Wildman–Crippen LogP) is 5.00. The van der Waals surface area contributed by atoms with Crippen molar-refractivity contribution in [2.75, 3.05) is 26.7 Å². The third-order valence-electron chi connectivity index (χ3n) is 6.72. The lowest BCUT2D eigenvalue weighted by atomic mass is 9.90. The number of rotatable bonds is 9. The Kier molecular flexibility index (Phi) is 8.44. The topological polar surface area (TPSA) is 66.9 Å². The summed E-state index contributed by atoms with van der Waals surface area (Å²) in [5, 5.41) is 0. The van der Waals surface area contributed by atoms with Crippen LogP contribution in [-0.2, 0) is 23.0 Å². The van der Waals surface area contributed by atoms with Crippen LogP contribution in [0.25, 0.3) is 0 Å². The van der Waals surface area contributed by atoms with E-state index >= 15 is 0 Å². The smallest absolute Gasteiger partial charge is 0.253 e. The molecular weight excluding hydrogens is 472 g/mol. The Hall–Kier alpha value is -3.16. The summed E-state index contributed by atoms with van der Waals surface area (Å²) >= 11 is 0. The van der Waals surface area contributed by atoms with Crippen molar-refractivity contribution in [3.05, 3.63) is 95.6 Å². The number of nitrogens with zero attached hydrogens (tertiary/aromatic N) is 2. The van der Waals surface area contributed by atoms with E-state index in [0.29, 0.717) is 29.4 Å². The number of piperidine rings is 1. The van der Waals surface area contributed by atoms with Crippen molar-refractivity contribution in [3.8, 4) is 5.75 Å². The van der Waals surface area contributed by atoms with E-state index in [4.69, 9.17) is 4.74 Å². The molecule has 3 aromatic rings. The molecule has 3 aromatic carbocycles. The lowest BCUT2D eigenvalue weighted by Crippen LogP contribution is -2.39. The van der Waals surface area contributed by atoms with Gasteiger partial charge in [0.2, 0.25) is 10.0 Å². The molecule has 190 valence electrons. The van der Waals surface area contributed by atoms with Gasteiger partial charge in [-0.3, -0.25) is 4.79 Å². The lowest BCUT2D eigenvalue weighted by molar-refractivity contribution is 0.0690. The summed E-state index contributed by atoms with van der Waals surface area (Å²) in [4.78, 5) is 15.5. The zero-order valence-corrected chi connectivity index (χ0v) is 21.8. The highest BCUT2D eigenvalue weighted by Gasteiger charge is 2.26. The number of sulfonamides is 1. The van der Waals surface area contributed by atoms with Crippen molar-refractivity contribution in [1.29, 1.82) is 0 Å². The van der Waals surface area contributed by atoms with Crippen LogP contribution in [0.5, 0.6) is 5.75 Å². The van der Waals surface area contributed by atoms with E-state index in [1.807, 2.05) is 17.9 Å². The number of hydrogen-bond acceptors (Lipinski definition) is 4. The number of carbonyl (C=O) groups is 1. The fourth-order valence-electron chi connectivity index (χ4n) is 4.70. The minimum absolute atomic E-state index is 0.0222. The van der Waals surface area contributed by atoms with Gasteiger partial charge in [0.25, 0.3) is 5.91 Å². The first-order valence-corrected chi connectivity index (χ1v) is 13.9. The number of ether oxygens (including phenoxy) is 1. The molecule has 1 amide bonds. The number of carbonyl (C=O) groups excluding carboxylic acids is 1. The Morgan fingerprint density at radius 2 is 1.61 bits per heavy atom. The van der Waals surface area contributed by atoms with Crippen molar-refractivity contribution >= 4 is 15.9 Å². The summed E-state index contributed by atoms with van der Waals surface area (Å²) < 4.78 is 33.1. The molecule has 4 rings (SSSR count). The summed E-state index contributed by atoms with van der Waals surface area (Å²) in [6, 6.07) is 24.2. The van der Waals surface area contributed by atoms with Crippen LogP contribution in [0.2, 0.25) is 0 Å². The summed E-state index contributed by atoms with van der Waals surface area (Å²) in [5.74, 6) is 1.14. The minimum Gasteiger partial charge on any atom is -0.494 e. The van der Waals surface area contributed by atoms with Crippen LogP contribution in [0.4, 0.5) is 0 Å². The summed E-state index contributed by atoms with van der Waals surface area (Å²) in [7, 11) is -2.13. The molecule has 6 nitrogen and oxygen atoms in total. The number of amides is 1. The molecule has 0 spiro atoms. The third-order valence-corrected chi connectivity index (χ3v) is 8.54. The second-order valence-electron chi connectivity index (χ2n) is 9.25. The van der Waals surface area contributed by atoms with Gasteiger partial charge in [0.05, 0.1) is 11.5 Å². The molecule has 1 aliphatic rings. The van der Waals surface area contributed by atoms with E-state index in [1.54, 1.807) is 55.6 Å². The van der Waals surface area contributed by atoms with Crippen LogP contribution < -0.4 is 4.74 Å². The van der Waals surface area contributed by atoms with Crippen LogP contribution in [0, 0.1) is 5.92 Å². The van der Waals surface area contributed by atoms with Crippen molar-refractivity contribution < 1.29 is 17.9 Å². The van der Waals surface area contributed by atoms with Crippen molar-refractivity contribution in [2.24, 2.45) is 5.92 Å². The molecule has 1 heterocycles. The van der Waals surface area contributed by atoms with Crippen LogP contribution in [0.3, 0.4) is 0 Å². The van der Waals surface area contributed by atoms with E-state index in [9.17, 15) is 13.2 Å². The quantitative estimate of drug-likeness (QED) is 0.410. The maximum Gasteiger partial charge on any atom is 0.253 e. The molecule has 0 saturated carbocycles. The predicted molar refractivity (Wildman–Crippen MR) is 141 cm³/mol. The standard InChI is InChI=1S/C29H34N2O4S/c1-3-35-28-15-14-25(21-26(28)22-30(2)36(33,34)27-12-8-5-9-13-27)29(32)31-18-16-24(17-19-31)20-23-10-6-4-7-11-23/h4-15,21,24H,3,16-20,22H2,1-2H3. The Morgan fingerprint density at radius 3 is 2.25 bits per heavy atom. The van der Waals surface area contributed by atoms with Crippen LogP contribution in [-0.4, -0.2) is 50.3 Å². The lowest BCUT2D eigenvalue weighted by Gasteiger charge is -2.32. The zero-order valence-electron chi connectivity index (χ0n) is 21.0. The molecule has 7 heteroatoms. The van der Waals surface area contributed by atoms with Gasteiger partial charge in [0.15, 0.2) is 0 Å². The molecule has 1 fully saturated rings. The van der Waals surface area contributed by atoms with Gasteiger partial charge in [-0.25, -0.2) is 8.42 Å². The highest BCUT2D eigenvalue weighted by atomic mass is 32.2. The highest BCUT2D eigenvalue weighted by molar-refractivity contribution is 7.89. The molecule has 0 bridgehead atoms. The number of benzene rings is 3. The second-order valence-corrected chi connectivity index (χ2v) is 11.3. The maximum absolute atomic E-state index is 13.3. The highest BCUT2D eigenvalue weighted by Crippen LogP contribution is 2.27. The van der Waals surface area contributed by atoms with Crippen LogP contribution >= 0.6 is 0 Å². The molecule has 0 atom stereocenters. The SMILES string of the molecule is CCOc1ccc(C(=O)N2CCC(Cc3ccccc3)CC2)cc1CN(C)S(=O)(=O)c1ccccc1. The van der Waals surface area contributed by atoms with Crippen molar-refractivity contribution in [1.82, 2.24) is 9.21 Å². The van der Waals surface area contributed by atoms with Gasteiger partial charge in [-0.05, 0) is 68.0 Å². The fraction of sp³-hybridized carbons (Fsp3) is 0.345. The molecule has 36 heavy (non-hydrogen) atoms. The largest absolute Gasteiger partial charge is 0.494 e. The summed E-state index contributed by atoms with van der Waals surface area (Å²) in [6.07, 6.45) is 2.99. The monoisotopic (exact) mass is 506 g/mol. The number of hydrogen-bond donors (Lipinski definition) is 0. The van der Waals surface area contributed by atoms with E-state index in [0.717, 1.165) is 32.4 Å². The van der Waals surface area contributed by atoms with Crippen molar-refractivity contribution in [3.63, 3.8) is 0 Å². The normalized spacial score (nSPS) is 14.7. The molecule has 1 saturated heterocycles. The Balaban J connectivity index is 1.46. The molecule has 0 aromatic heterocycles. The first-order valence-electron chi connectivity index (χ1n) is 12.5. The van der Waals surface area contributed by atoms with Gasteiger partial charge >= 0.3 is 0 Å². The van der Waals surface area contributed by atoms with E-state index in [2.05, 4.69) is 24.3 Å². The van der Waals surface area contributed by atoms with Gasteiger partial charge in [-0.2, -0.15) is 4.31 Å². The van der Waals surface area contributed by atoms with Crippen molar-refractivity contribution in [2.45, 2.75) is 37.6 Å². The van der Waals surface area contributed by atoms with Crippen LogP contribution in [0.1, 0.15) is 41.3 Å². The maximum atomic E-state index is 13.3. The fourth-order valence-corrected chi connectivity index (χ4v) is 5.87. The van der Waals surface area contributed by atoms with Gasteiger partial charge in [0.1, 0.15) is 5.75 Å². The molecule has 0 N–H and O–H groups in total. The van der Waals surface area contributed by atoms with E-state index < -0.39 is 10.0 Å². The summed E-state index contributed by atoms with van der Waals surface area (Å²) in [6.45, 7) is 3.88. The number of likely N-dealkylation sites (tertiary alicyclic amines) is 1. The Bertz CT molecular complexity index is 1250. The minimum atomic E-state index is -3.67. The van der Waals surface area contributed by atoms with Gasteiger partial charge in [-0.15, -0.1) is 0 Å². The Morgan fingerprint density at radius 1 is 0.972 bits per heavy atom. The first-order chi connectivity index (χ1) is 17.4. The third kappa shape index (κ3) is 6.15. The van der Waals surface area contributed by atoms with Crippen LogP contribution in [0.15, 0.2) is 83.8 Å². The molecule has 1 aliphatic heterocycles. The zero-order chi connectivity index (χ0) is 25.5. The van der Waals surface area contributed by atoms with Gasteiger partial charge in [-0.1, -0.05) is 48.5 Å². The molecule has 0 radical (unpaired) electrons. The van der Waals surface area contributed by atoms with Gasteiger partial charge < -0.3 is 9.64 Å². The van der Waals surface area contributed by atoms with E-state index in [1.165, 1.54) is 9.87 Å². The second kappa shape index (κ2) is 11.7. The average Bonchev–Trinajstić information content (AvgIpc) is 2.91. The first kappa shape index (κ1) is 25.9. The average molecular weight is 507 g/mol. The molecule has 0 unspecified atom stereocenters. The van der Waals surface area contributed by atoms with Gasteiger partial charge in [0, 0.05) is 37.8 Å². The molecule has 0 aliphatic carbocycles. The Labute approximate surface area is 214 Å². The molecular formula is C29H34N2O4S. The van der Waals surface area contributed by atoms with E-state index in [-0.39, 0.29) is 17.3 Å².